The Morgan fingerprint density at radius 3 is 2.56 bits per heavy atom. The van der Waals surface area contributed by atoms with Crippen molar-refractivity contribution in [2.45, 2.75) is 13.0 Å². The maximum absolute atomic E-state index is 11.3. The molecule has 0 aliphatic carbocycles. The van der Waals surface area contributed by atoms with Gasteiger partial charge in [-0.2, -0.15) is 0 Å². The van der Waals surface area contributed by atoms with Crippen LogP contribution in [0.1, 0.15) is 11.1 Å². The average Bonchev–Trinajstić information content (AvgIpc) is 2.30. The van der Waals surface area contributed by atoms with Gasteiger partial charge < -0.3 is 10.5 Å². The molecule has 2 N–H and O–H groups in total. The summed E-state index contributed by atoms with van der Waals surface area (Å²) in [5, 5.41) is 0. The van der Waals surface area contributed by atoms with Crippen LogP contribution in [0.2, 0.25) is 0 Å². The first kappa shape index (κ1) is 14.6. The van der Waals surface area contributed by atoms with E-state index in [9.17, 15) is 4.79 Å². The molecule has 1 aromatic carbocycles. The Morgan fingerprint density at radius 2 is 2.00 bits per heavy atom. The van der Waals surface area contributed by atoms with E-state index < -0.39 is 0 Å². The lowest BCUT2D eigenvalue weighted by molar-refractivity contribution is -0.139. The van der Waals surface area contributed by atoms with Gasteiger partial charge >= 0.3 is 5.97 Å². The number of methoxy groups -OCH3 is 1. The van der Waals surface area contributed by atoms with Crippen LogP contribution in [0, 0.1) is 0 Å². The molecule has 18 heavy (non-hydrogen) atoms. The van der Waals surface area contributed by atoms with Gasteiger partial charge in [-0.25, -0.2) is 0 Å². The number of hydrogen-bond donors (Lipinski definition) is 1. The van der Waals surface area contributed by atoms with Crippen LogP contribution in [-0.2, 0) is 22.5 Å². The molecule has 0 spiro atoms. The zero-order valence-corrected chi connectivity index (χ0v) is 11.5. The Balaban J connectivity index is 2.75. The molecule has 4 nitrogen and oxygen atoms in total. The number of nitrogens with zero attached hydrogens (tertiary/aromatic N) is 1. The van der Waals surface area contributed by atoms with E-state index in [1.807, 2.05) is 36.2 Å². The van der Waals surface area contributed by atoms with Crippen molar-refractivity contribution < 1.29 is 9.53 Å². The van der Waals surface area contributed by atoms with E-state index in [4.69, 9.17) is 18.0 Å². The zero-order chi connectivity index (χ0) is 13.5. The summed E-state index contributed by atoms with van der Waals surface area (Å²) in [6.45, 7) is 1.26. The Bertz CT molecular complexity index is 435. The second-order valence-corrected chi connectivity index (χ2v) is 4.68. The summed E-state index contributed by atoms with van der Waals surface area (Å²) >= 11 is 4.87. The number of esters is 1. The van der Waals surface area contributed by atoms with Crippen LogP contribution in [-0.4, -0.2) is 36.6 Å². The smallest absolute Gasteiger partial charge is 0.309 e. The number of ether oxygens (including phenoxy) is 1. The number of nitrogens with two attached hydrogens (primary N) is 1. The van der Waals surface area contributed by atoms with Crippen molar-refractivity contribution in [3.05, 3.63) is 35.4 Å². The molecule has 0 unspecified atom stereocenters. The van der Waals surface area contributed by atoms with Crippen molar-refractivity contribution in [3.63, 3.8) is 0 Å². The normalized spacial score (nSPS) is 10.4. The molecule has 0 aromatic heterocycles. The minimum Gasteiger partial charge on any atom is -0.469 e. The van der Waals surface area contributed by atoms with E-state index in [1.54, 1.807) is 0 Å². The Kier molecular flexibility index (Phi) is 5.74. The lowest BCUT2D eigenvalue weighted by Crippen LogP contribution is -2.29. The minimum atomic E-state index is -0.237. The highest BCUT2D eigenvalue weighted by Gasteiger charge is 2.09. The number of carbonyl (C=O) groups excluding carboxylic acids is 1. The average molecular weight is 266 g/mol. The van der Waals surface area contributed by atoms with E-state index >= 15 is 0 Å². The molecule has 0 aliphatic heterocycles. The van der Waals surface area contributed by atoms with Crippen LogP contribution in [0.4, 0.5) is 0 Å². The molecule has 0 fully saturated rings. The summed E-state index contributed by atoms with van der Waals surface area (Å²) in [5.74, 6) is -0.237. The summed E-state index contributed by atoms with van der Waals surface area (Å²) in [7, 11) is 3.33. The van der Waals surface area contributed by atoms with E-state index in [0.717, 1.165) is 11.1 Å². The van der Waals surface area contributed by atoms with Crippen molar-refractivity contribution in [1.82, 2.24) is 4.90 Å². The third-order valence-corrected chi connectivity index (χ3v) is 2.68. The van der Waals surface area contributed by atoms with Crippen molar-refractivity contribution >= 4 is 23.2 Å². The molecule has 0 radical (unpaired) electrons. The van der Waals surface area contributed by atoms with Gasteiger partial charge in [-0.05, 0) is 18.2 Å². The van der Waals surface area contributed by atoms with Crippen LogP contribution < -0.4 is 5.73 Å². The highest BCUT2D eigenvalue weighted by molar-refractivity contribution is 7.80. The van der Waals surface area contributed by atoms with Crippen molar-refractivity contribution in [1.29, 1.82) is 0 Å². The van der Waals surface area contributed by atoms with Crippen molar-refractivity contribution in [2.24, 2.45) is 5.73 Å². The number of benzene rings is 1. The molecule has 1 aromatic rings. The molecule has 0 saturated carbocycles. The summed E-state index contributed by atoms with van der Waals surface area (Å²) < 4.78 is 4.69. The molecule has 0 saturated heterocycles. The van der Waals surface area contributed by atoms with Crippen molar-refractivity contribution in [2.75, 3.05) is 20.7 Å². The van der Waals surface area contributed by atoms with E-state index in [-0.39, 0.29) is 12.4 Å². The lowest BCUT2D eigenvalue weighted by atomic mass is 10.0. The largest absolute Gasteiger partial charge is 0.469 e. The molecule has 5 heteroatoms. The summed E-state index contributed by atoms with van der Waals surface area (Å²) in [6.07, 6.45) is 0.285. The van der Waals surface area contributed by atoms with Gasteiger partial charge in [0.15, 0.2) is 0 Å². The topological polar surface area (TPSA) is 55.6 Å². The predicted octanol–water partition coefficient (Wildman–Crippen LogP) is 1.12. The Hall–Kier alpha value is -1.46. The first-order chi connectivity index (χ1) is 8.52. The third kappa shape index (κ3) is 4.81. The van der Waals surface area contributed by atoms with Gasteiger partial charge in [-0.15, -0.1) is 0 Å². The van der Waals surface area contributed by atoms with Crippen LogP contribution in [0.15, 0.2) is 24.3 Å². The Labute approximate surface area is 113 Å². The van der Waals surface area contributed by atoms with Gasteiger partial charge in [0.05, 0.1) is 18.5 Å². The lowest BCUT2D eigenvalue weighted by Gasteiger charge is -2.17. The molecule has 0 heterocycles. The van der Waals surface area contributed by atoms with Crippen molar-refractivity contribution in [3.8, 4) is 0 Å². The molecule has 0 amide bonds. The fourth-order valence-corrected chi connectivity index (χ4v) is 1.94. The quantitative estimate of drug-likeness (QED) is 0.617. The van der Waals surface area contributed by atoms with E-state index in [2.05, 4.69) is 4.74 Å². The third-order valence-electron chi connectivity index (χ3n) is 2.55. The molecule has 0 atom stereocenters. The fraction of sp³-hybridized carbons (Fsp3) is 0.385. The summed E-state index contributed by atoms with van der Waals surface area (Å²) in [5.41, 5.74) is 7.56. The monoisotopic (exact) mass is 266 g/mol. The minimum absolute atomic E-state index is 0.237. The first-order valence-corrected chi connectivity index (χ1v) is 6.04. The maximum atomic E-state index is 11.3. The molecule has 0 bridgehead atoms. The highest BCUT2D eigenvalue weighted by Crippen LogP contribution is 2.12. The highest BCUT2D eigenvalue weighted by atomic mass is 32.1. The number of rotatable bonds is 6. The predicted molar refractivity (Wildman–Crippen MR) is 75.3 cm³/mol. The molecular weight excluding hydrogens is 248 g/mol. The standard InChI is InChI=1S/C13H18N2O2S/c1-15(9-12(14)18)8-11-6-4-3-5-10(11)7-13(16)17-2/h3-6H,7-9H2,1-2H3,(H2,14,18). The second-order valence-electron chi connectivity index (χ2n) is 4.16. The van der Waals surface area contributed by atoms with Gasteiger partial charge in [0.25, 0.3) is 0 Å². The van der Waals surface area contributed by atoms with Gasteiger partial charge in [-0.3, -0.25) is 9.69 Å². The first-order valence-electron chi connectivity index (χ1n) is 5.63. The Morgan fingerprint density at radius 1 is 1.39 bits per heavy atom. The second kappa shape index (κ2) is 7.08. The summed E-state index contributed by atoms with van der Waals surface area (Å²) in [6, 6.07) is 7.79. The van der Waals surface area contributed by atoms with E-state index in [0.29, 0.717) is 18.1 Å². The summed E-state index contributed by atoms with van der Waals surface area (Å²) in [4.78, 5) is 13.8. The molecule has 0 aliphatic rings. The molecular formula is C13H18N2O2S. The number of carbonyl (C=O) groups is 1. The molecule has 98 valence electrons. The maximum Gasteiger partial charge on any atom is 0.309 e. The van der Waals surface area contributed by atoms with Gasteiger partial charge in [0.1, 0.15) is 0 Å². The van der Waals surface area contributed by atoms with Crippen LogP contribution in [0.5, 0.6) is 0 Å². The van der Waals surface area contributed by atoms with Gasteiger partial charge in [0, 0.05) is 13.1 Å². The van der Waals surface area contributed by atoms with Gasteiger partial charge in [-0.1, -0.05) is 36.5 Å². The van der Waals surface area contributed by atoms with Gasteiger partial charge in [0.2, 0.25) is 0 Å². The zero-order valence-electron chi connectivity index (χ0n) is 10.7. The SMILES string of the molecule is COC(=O)Cc1ccccc1CN(C)CC(N)=S. The fourth-order valence-electron chi connectivity index (χ4n) is 1.72. The number of hydrogen-bond acceptors (Lipinski definition) is 4. The molecule has 1 rings (SSSR count). The number of likely N-dealkylation sites (N-methyl/N-ethyl adjacent to an activating group) is 1. The van der Waals surface area contributed by atoms with Crippen LogP contribution >= 0.6 is 12.2 Å². The van der Waals surface area contributed by atoms with E-state index in [1.165, 1.54) is 7.11 Å². The van der Waals surface area contributed by atoms with Crippen LogP contribution in [0.25, 0.3) is 0 Å². The van der Waals surface area contributed by atoms with Crippen LogP contribution in [0.3, 0.4) is 0 Å². The number of thiocarbonyl (C=S) groups is 1.